The molecule has 0 amide bonds. The molecule has 1 aromatic heterocycles. The highest BCUT2D eigenvalue weighted by atomic mass is 16.3. The summed E-state index contributed by atoms with van der Waals surface area (Å²) < 4.78 is 5.33. The maximum atomic E-state index is 5.33. The summed E-state index contributed by atoms with van der Waals surface area (Å²) in [4.78, 5) is 6.88. The molecule has 0 aromatic carbocycles. The first-order chi connectivity index (χ1) is 10.5. The zero-order valence-electron chi connectivity index (χ0n) is 14.4. The third kappa shape index (κ3) is 4.77. The van der Waals surface area contributed by atoms with Crippen LogP contribution in [0.1, 0.15) is 39.4 Å². The van der Waals surface area contributed by atoms with Crippen molar-refractivity contribution < 1.29 is 4.42 Å². The molecule has 22 heavy (non-hydrogen) atoms. The Bertz CT molecular complexity index is 467. The molecule has 2 heterocycles. The number of piperidine rings is 1. The van der Waals surface area contributed by atoms with Crippen molar-refractivity contribution in [1.82, 2.24) is 15.5 Å². The van der Waals surface area contributed by atoms with E-state index in [4.69, 9.17) is 4.42 Å². The van der Waals surface area contributed by atoms with Gasteiger partial charge in [-0.05, 0) is 51.3 Å². The topological polar surface area (TPSA) is 52.8 Å². The van der Waals surface area contributed by atoms with Crippen molar-refractivity contribution >= 4 is 5.96 Å². The summed E-state index contributed by atoms with van der Waals surface area (Å²) >= 11 is 0. The van der Waals surface area contributed by atoms with Gasteiger partial charge in [-0.25, -0.2) is 0 Å². The van der Waals surface area contributed by atoms with Crippen molar-refractivity contribution in [3.8, 4) is 0 Å². The number of rotatable bonds is 5. The second kappa shape index (κ2) is 7.68. The van der Waals surface area contributed by atoms with Crippen LogP contribution in [-0.4, -0.2) is 43.1 Å². The molecule has 5 nitrogen and oxygen atoms in total. The van der Waals surface area contributed by atoms with Crippen LogP contribution in [0.2, 0.25) is 0 Å². The molecule has 1 saturated heterocycles. The Morgan fingerprint density at radius 2 is 2.27 bits per heavy atom. The van der Waals surface area contributed by atoms with Crippen LogP contribution in [0.4, 0.5) is 0 Å². The number of guanidine groups is 1. The zero-order chi connectivity index (χ0) is 16.0. The van der Waals surface area contributed by atoms with E-state index in [0.29, 0.717) is 6.54 Å². The summed E-state index contributed by atoms with van der Waals surface area (Å²) in [7, 11) is 1.80. The van der Waals surface area contributed by atoms with Crippen LogP contribution >= 0.6 is 0 Å². The molecule has 0 saturated carbocycles. The second-order valence-corrected chi connectivity index (χ2v) is 6.86. The molecule has 2 rings (SSSR count). The van der Waals surface area contributed by atoms with Crippen LogP contribution < -0.4 is 10.6 Å². The molecule has 1 aromatic rings. The molecule has 0 bridgehead atoms. The van der Waals surface area contributed by atoms with Crippen LogP contribution in [0.5, 0.6) is 0 Å². The van der Waals surface area contributed by atoms with Crippen molar-refractivity contribution in [2.24, 2.45) is 10.9 Å². The van der Waals surface area contributed by atoms with E-state index in [1.807, 2.05) is 12.1 Å². The van der Waals surface area contributed by atoms with E-state index >= 15 is 0 Å². The van der Waals surface area contributed by atoms with Gasteiger partial charge in [0.15, 0.2) is 5.96 Å². The average molecular weight is 306 g/mol. The summed E-state index contributed by atoms with van der Waals surface area (Å²) in [5.41, 5.74) is 0.122. The number of hydrogen-bond donors (Lipinski definition) is 2. The molecule has 1 fully saturated rings. The van der Waals surface area contributed by atoms with Crippen LogP contribution in [0, 0.1) is 5.92 Å². The predicted molar refractivity (Wildman–Crippen MR) is 91.0 cm³/mol. The zero-order valence-corrected chi connectivity index (χ0v) is 14.4. The minimum absolute atomic E-state index is 0.122. The maximum Gasteiger partial charge on any atom is 0.191 e. The summed E-state index contributed by atoms with van der Waals surface area (Å²) in [5.74, 6) is 2.52. The number of aliphatic imine (C=N–C) groups is 1. The van der Waals surface area contributed by atoms with E-state index in [1.165, 1.54) is 25.9 Å². The van der Waals surface area contributed by atoms with Crippen molar-refractivity contribution in [2.75, 3.05) is 26.7 Å². The lowest BCUT2D eigenvalue weighted by atomic mass is 9.93. The van der Waals surface area contributed by atoms with Gasteiger partial charge in [0.05, 0.1) is 12.8 Å². The van der Waals surface area contributed by atoms with Gasteiger partial charge in [0.25, 0.3) is 0 Å². The summed E-state index contributed by atoms with van der Waals surface area (Å²) in [6, 6.07) is 3.85. The van der Waals surface area contributed by atoms with Crippen molar-refractivity contribution in [3.63, 3.8) is 0 Å². The highest BCUT2D eigenvalue weighted by Crippen LogP contribution is 2.23. The lowest BCUT2D eigenvalue weighted by Gasteiger charge is -2.43. The van der Waals surface area contributed by atoms with E-state index in [2.05, 4.69) is 41.3 Å². The number of hydrogen-bond acceptors (Lipinski definition) is 3. The SMILES string of the molecule is CN=C(NCc1ccco1)NCC(C)(C)N1CCCC(C)C1. The fourth-order valence-corrected chi connectivity index (χ4v) is 2.96. The summed E-state index contributed by atoms with van der Waals surface area (Å²) in [5, 5.41) is 6.72. The van der Waals surface area contributed by atoms with Crippen molar-refractivity contribution in [2.45, 2.75) is 45.7 Å². The smallest absolute Gasteiger partial charge is 0.191 e. The van der Waals surface area contributed by atoms with Gasteiger partial charge in [-0.2, -0.15) is 0 Å². The maximum absolute atomic E-state index is 5.33. The Morgan fingerprint density at radius 1 is 1.45 bits per heavy atom. The Labute approximate surface area is 134 Å². The first-order valence-corrected chi connectivity index (χ1v) is 8.23. The second-order valence-electron chi connectivity index (χ2n) is 6.86. The van der Waals surface area contributed by atoms with Crippen LogP contribution in [0.25, 0.3) is 0 Å². The number of furan rings is 1. The van der Waals surface area contributed by atoms with Crippen molar-refractivity contribution in [1.29, 1.82) is 0 Å². The molecule has 0 radical (unpaired) electrons. The van der Waals surface area contributed by atoms with Gasteiger partial charge in [0.1, 0.15) is 5.76 Å². The highest BCUT2D eigenvalue weighted by molar-refractivity contribution is 5.79. The fraction of sp³-hybridized carbons (Fsp3) is 0.706. The molecule has 1 unspecified atom stereocenters. The molecule has 5 heteroatoms. The van der Waals surface area contributed by atoms with Crippen LogP contribution in [0.3, 0.4) is 0 Å². The van der Waals surface area contributed by atoms with E-state index in [-0.39, 0.29) is 5.54 Å². The van der Waals surface area contributed by atoms with Gasteiger partial charge < -0.3 is 15.1 Å². The molecule has 0 aliphatic carbocycles. The molecule has 1 aliphatic rings. The van der Waals surface area contributed by atoms with Crippen LogP contribution in [-0.2, 0) is 6.54 Å². The monoisotopic (exact) mass is 306 g/mol. The molecular weight excluding hydrogens is 276 g/mol. The Hall–Kier alpha value is -1.49. The molecule has 0 spiro atoms. The minimum Gasteiger partial charge on any atom is -0.467 e. The standard InChI is InChI=1S/C17H30N4O/c1-14-7-5-9-21(12-14)17(2,3)13-20-16(18-4)19-11-15-8-6-10-22-15/h6,8,10,14H,5,7,9,11-13H2,1-4H3,(H2,18,19,20). The molecule has 1 atom stereocenters. The van der Waals surface area contributed by atoms with Gasteiger partial charge in [-0.15, -0.1) is 0 Å². The van der Waals surface area contributed by atoms with Crippen molar-refractivity contribution in [3.05, 3.63) is 24.2 Å². The number of likely N-dealkylation sites (tertiary alicyclic amines) is 1. The predicted octanol–water partition coefficient (Wildman–Crippen LogP) is 2.46. The van der Waals surface area contributed by atoms with Gasteiger partial charge in [-0.3, -0.25) is 9.89 Å². The largest absolute Gasteiger partial charge is 0.467 e. The van der Waals surface area contributed by atoms with E-state index in [0.717, 1.165) is 24.2 Å². The lowest BCUT2D eigenvalue weighted by Crippen LogP contribution is -2.55. The third-order valence-corrected chi connectivity index (χ3v) is 4.44. The Morgan fingerprint density at radius 3 is 2.91 bits per heavy atom. The lowest BCUT2D eigenvalue weighted by molar-refractivity contribution is 0.0739. The van der Waals surface area contributed by atoms with Gasteiger partial charge in [0, 0.05) is 25.7 Å². The van der Waals surface area contributed by atoms with Crippen LogP contribution in [0.15, 0.2) is 27.8 Å². The fourth-order valence-electron chi connectivity index (χ4n) is 2.96. The van der Waals surface area contributed by atoms with Gasteiger partial charge in [-0.1, -0.05) is 6.92 Å². The molecule has 124 valence electrons. The summed E-state index contributed by atoms with van der Waals surface area (Å²) in [6.07, 6.45) is 4.34. The molecule has 2 N–H and O–H groups in total. The molecular formula is C17H30N4O. The Balaban J connectivity index is 1.81. The quantitative estimate of drug-likeness (QED) is 0.648. The van der Waals surface area contributed by atoms with Gasteiger partial charge in [0.2, 0.25) is 0 Å². The number of nitrogens with one attached hydrogen (secondary N) is 2. The van der Waals surface area contributed by atoms with Gasteiger partial charge >= 0.3 is 0 Å². The van der Waals surface area contributed by atoms with E-state index < -0.39 is 0 Å². The summed E-state index contributed by atoms with van der Waals surface area (Å²) in [6.45, 7) is 10.9. The minimum atomic E-state index is 0.122. The first kappa shape index (κ1) is 16.9. The number of nitrogens with zero attached hydrogens (tertiary/aromatic N) is 2. The molecule has 1 aliphatic heterocycles. The third-order valence-electron chi connectivity index (χ3n) is 4.44. The highest BCUT2D eigenvalue weighted by Gasteiger charge is 2.30. The van der Waals surface area contributed by atoms with E-state index in [1.54, 1.807) is 13.3 Å². The Kier molecular flexibility index (Phi) is 5.89. The average Bonchev–Trinajstić information content (AvgIpc) is 3.01. The first-order valence-electron chi connectivity index (χ1n) is 8.23. The normalized spacial score (nSPS) is 20.9. The van der Waals surface area contributed by atoms with E-state index in [9.17, 15) is 0 Å².